The van der Waals surface area contributed by atoms with E-state index in [4.69, 9.17) is 4.42 Å². The molecule has 0 unspecified atom stereocenters. The largest absolute Gasteiger partial charge is 0.441 e. The first-order valence-corrected chi connectivity index (χ1v) is 11.1. The van der Waals surface area contributed by atoms with Gasteiger partial charge in [0.15, 0.2) is 9.84 Å². The van der Waals surface area contributed by atoms with Crippen molar-refractivity contribution < 1.29 is 17.6 Å². The number of oxazole rings is 1. The lowest BCUT2D eigenvalue weighted by Gasteiger charge is -2.25. The molecule has 1 atom stereocenters. The van der Waals surface area contributed by atoms with Crippen molar-refractivity contribution in [1.29, 1.82) is 0 Å². The summed E-state index contributed by atoms with van der Waals surface area (Å²) >= 11 is 0. The molecule has 0 aliphatic heterocycles. The predicted molar refractivity (Wildman–Crippen MR) is 112 cm³/mol. The van der Waals surface area contributed by atoms with Gasteiger partial charge in [0.2, 0.25) is 11.8 Å². The number of carbonyl (C=O) groups is 1. The number of aromatic nitrogens is 1. The van der Waals surface area contributed by atoms with Gasteiger partial charge in [-0.1, -0.05) is 48.5 Å². The fraction of sp³-hybridized carbons (Fsp3) is 0.273. The van der Waals surface area contributed by atoms with Gasteiger partial charge >= 0.3 is 0 Å². The Bertz CT molecular complexity index is 1080. The molecule has 2 aromatic carbocycles. The van der Waals surface area contributed by atoms with Crippen LogP contribution in [-0.4, -0.2) is 37.0 Å². The molecule has 0 bridgehead atoms. The van der Waals surface area contributed by atoms with Crippen LogP contribution in [-0.2, 0) is 20.4 Å². The van der Waals surface area contributed by atoms with E-state index in [9.17, 15) is 13.2 Å². The van der Waals surface area contributed by atoms with Crippen LogP contribution in [0.2, 0.25) is 0 Å². The third-order valence-electron chi connectivity index (χ3n) is 4.87. The average molecular weight is 413 g/mol. The van der Waals surface area contributed by atoms with Crippen LogP contribution in [0.15, 0.2) is 65.1 Å². The number of hydrogen-bond donors (Lipinski definition) is 0. The molecule has 29 heavy (non-hydrogen) atoms. The van der Waals surface area contributed by atoms with Crippen LogP contribution >= 0.6 is 0 Å². The second-order valence-electron chi connectivity index (χ2n) is 7.01. The predicted octanol–water partition coefficient (Wildman–Crippen LogP) is 3.78. The molecule has 1 amide bonds. The summed E-state index contributed by atoms with van der Waals surface area (Å²) in [7, 11) is -2.08. The summed E-state index contributed by atoms with van der Waals surface area (Å²) in [5, 5.41) is 0. The van der Waals surface area contributed by atoms with Crippen LogP contribution in [0.25, 0.3) is 11.5 Å². The molecular formula is C22H24N2O4S. The van der Waals surface area contributed by atoms with E-state index in [1.807, 2.05) is 67.6 Å². The maximum Gasteiger partial charge on any atom is 0.238 e. The molecule has 0 fully saturated rings. The number of sulfone groups is 1. The van der Waals surface area contributed by atoms with Crippen LogP contribution in [0.5, 0.6) is 0 Å². The topological polar surface area (TPSA) is 80.5 Å². The van der Waals surface area contributed by atoms with Crippen molar-refractivity contribution in [3.05, 3.63) is 77.7 Å². The van der Waals surface area contributed by atoms with Gasteiger partial charge in [-0.2, -0.15) is 0 Å². The first kappa shape index (κ1) is 20.8. The summed E-state index contributed by atoms with van der Waals surface area (Å²) in [5.74, 6) is -0.562. The summed E-state index contributed by atoms with van der Waals surface area (Å²) in [4.78, 5) is 18.4. The Labute approximate surface area is 171 Å². The van der Waals surface area contributed by atoms with Crippen LogP contribution in [0.3, 0.4) is 0 Å². The minimum atomic E-state index is -3.70. The standard InChI is InChI=1S/C22H24N2O4S/c1-16(18-10-6-4-7-11-18)24(3)21(25)15-29(26,27)14-20-17(2)28-22(23-20)19-12-8-5-9-13-19/h4-13,16H,14-15H2,1-3H3/t16-/m1/s1. The van der Waals surface area contributed by atoms with Crippen molar-refractivity contribution in [1.82, 2.24) is 9.88 Å². The van der Waals surface area contributed by atoms with Crippen molar-refractivity contribution >= 4 is 15.7 Å². The molecule has 0 spiro atoms. The average Bonchev–Trinajstić information content (AvgIpc) is 3.07. The van der Waals surface area contributed by atoms with E-state index >= 15 is 0 Å². The van der Waals surface area contributed by atoms with E-state index < -0.39 is 21.5 Å². The van der Waals surface area contributed by atoms with Gasteiger partial charge in [0.1, 0.15) is 11.5 Å². The first-order chi connectivity index (χ1) is 13.8. The SMILES string of the molecule is Cc1oc(-c2ccccc2)nc1CS(=O)(=O)CC(=O)N(C)[C@H](C)c1ccccc1. The lowest BCUT2D eigenvalue weighted by Crippen LogP contribution is -2.35. The van der Waals surface area contributed by atoms with Crippen molar-refractivity contribution in [2.24, 2.45) is 0 Å². The van der Waals surface area contributed by atoms with Gasteiger partial charge in [-0.15, -0.1) is 0 Å². The van der Waals surface area contributed by atoms with E-state index in [0.29, 0.717) is 17.3 Å². The highest BCUT2D eigenvalue weighted by molar-refractivity contribution is 7.91. The third-order valence-corrected chi connectivity index (χ3v) is 6.27. The number of carbonyl (C=O) groups excluding carboxylic acids is 1. The summed E-state index contributed by atoms with van der Waals surface area (Å²) in [6.45, 7) is 3.55. The molecule has 3 rings (SSSR count). The fourth-order valence-corrected chi connectivity index (χ4v) is 4.35. The summed E-state index contributed by atoms with van der Waals surface area (Å²) in [6.07, 6.45) is 0. The zero-order valence-electron chi connectivity index (χ0n) is 16.7. The Balaban J connectivity index is 1.70. The molecule has 3 aromatic rings. The number of aryl methyl sites for hydroxylation is 1. The van der Waals surface area contributed by atoms with E-state index in [-0.39, 0.29) is 11.8 Å². The van der Waals surface area contributed by atoms with Crippen molar-refractivity contribution in [3.63, 3.8) is 0 Å². The van der Waals surface area contributed by atoms with Crippen LogP contribution < -0.4 is 0 Å². The Kier molecular flexibility index (Phi) is 6.17. The number of benzene rings is 2. The van der Waals surface area contributed by atoms with Gasteiger partial charge < -0.3 is 9.32 Å². The molecule has 1 aromatic heterocycles. The lowest BCUT2D eigenvalue weighted by molar-refractivity contribution is -0.129. The molecule has 0 saturated heterocycles. The zero-order valence-corrected chi connectivity index (χ0v) is 17.5. The monoisotopic (exact) mass is 412 g/mol. The summed E-state index contributed by atoms with van der Waals surface area (Å²) in [6, 6.07) is 18.5. The molecule has 6 nitrogen and oxygen atoms in total. The van der Waals surface area contributed by atoms with Gasteiger partial charge in [-0.25, -0.2) is 13.4 Å². The van der Waals surface area contributed by atoms with Crippen molar-refractivity contribution in [2.75, 3.05) is 12.8 Å². The quantitative estimate of drug-likeness (QED) is 0.590. The smallest absolute Gasteiger partial charge is 0.238 e. The van der Waals surface area contributed by atoms with Gasteiger partial charge in [-0.3, -0.25) is 4.79 Å². The lowest BCUT2D eigenvalue weighted by atomic mass is 10.1. The van der Waals surface area contributed by atoms with Crippen molar-refractivity contribution in [2.45, 2.75) is 25.6 Å². The first-order valence-electron chi connectivity index (χ1n) is 9.29. The Morgan fingerprint density at radius 2 is 1.66 bits per heavy atom. The number of nitrogens with zero attached hydrogens (tertiary/aromatic N) is 2. The summed E-state index contributed by atoms with van der Waals surface area (Å²) in [5.41, 5.74) is 2.04. The molecule has 152 valence electrons. The maximum atomic E-state index is 12.6. The second-order valence-corrected chi connectivity index (χ2v) is 9.08. The van der Waals surface area contributed by atoms with E-state index in [1.165, 1.54) is 4.90 Å². The summed E-state index contributed by atoms with van der Waals surface area (Å²) < 4.78 is 30.9. The molecule has 0 aliphatic carbocycles. The number of hydrogen-bond acceptors (Lipinski definition) is 5. The minimum Gasteiger partial charge on any atom is -0.441 e. The van der Waals surface area contributed by atoms with Gasteiger partial charge in [0, 0.05) is 12.6 Å². The van der Waals surface area contributed by atoms with Gasteiger partial charge in [0.25, 0.3) is 0 Å². The molecule has 0 radical (unpaired) electrons. The number of amides is 1. The highest BCUT2D eigenvalue weighted by Crippen LogP contribution is 2.23. The van der Waals surface area contributed by atoms with E-state index in [0.717, 1.165) is 11.1 Å². The highest BCUT2D eigenvalue weighted by Gasteiger charge is 2.26. The Morgan fingerprint density at radius 3 is 2.28 bits per heavy atom. The van der Waals surface area contributed by atoms with Crippen molar-refractivity contribution in [3.8, 4) is 11.5 Å². The maximum absolute atomic E-state index is 12.6. The van der Waals surface area contributed by atoms with Crippen LogP contribution in [0, 0.1) is 6.92 Å². The molecule has 7 heteroatoms. The second kappa shape index (κ2) is 8.61. The van der Waals surface area contributed by atoms with Crippen LogP contribution in [0.4, 0.5) is 0 Å². The van der Waals surface area contributed by atoms with Gasteiger partial charge in [-0.05, 0) is 31.5 Å². The van der Waals surface area contributed by atoms with E-state index in [2.05, 4.69) is 4.98 Å². The minimum absolute atomic E-state index is 0.225. The Morgan fingerprint density at radius 1 is 1.07 bits per heavy atom. The van der Waals surface area contributed by atoms with E-state index in [1.54, 1.807) is 14.0 Å². The molecule has 0 N–H and O–H groups in total. The van der Waals surface area contributed by atoms with Gasteiger partial charge in [0.05, 0.1) is 17.5 Å². The fourth-order valence-electron chi connectivity index (χ4n) is 2.99. The number of rotatable bonds is 7. The molecular weight excluding hydrogens is 388 g/mol. The zero-order chi connectivity index (χ0) is 21.0. The Hall–Kier alpha value is -2.93. The highest BCUT2D eigenvalue weighted by atomic mass is 32.2. The van der Waals surface area contributed by atoms with Crippen LogP contribution in [0.1, 0.15) is 30.0 Å². The third kappa shape index (κ3) is 5.12. The normalized spacial score (nSPS) is 12.5. The molecule has 0 aliphatic rings. The molecule has 1 heterocycles. The molecule has 0 saturated carbocycles.